The number of alkyl carbamates (subject to hydrolysis) is 1. The summed E-state index contributed by atoms with van der Waals surface area (Å²) in [7, 11) is 0. The molecule has 1 saturated carbocycles. The molecule has 2 rings (SSSR count). The van der Waals surface area contributed by atoms with E-state index in [9.17, 15) is 19.2 Å². The number of nitrogens with two attached hydrogens (primary N) is 1. The monoisotopic (exact) mass is 502 g/mol. The predicted molar refractivity (Wildman–Crippen MR) is 138 cm³/mol. The molecule has 200 valence electrons. The summed E-state index contributed by atoms with van der Waals surface area (Å²) >= 11 is 0. The maximum Gasteiger partial charge on any atom is 0.408 e. The van der Waals surface area contributed by atoms with Gasteiger partial charge in [-0.1, -0.05) is 42.7 Å². The SMILES string of the molecule is CCCC(C)NC(=O)C(c1cc(C)cc(C)c1)N(C(=O)C(CC(N)=O)NC(=O)OC(C)(C)C)C1CC1. The van der Waals surface area contributed by atoms with Gasteiger partial charge in [0, 0.05) is 12.1 Å². The smallest absolute Gasteiger partial charge is 0.408 e. The van der Waals surface area contributed by atoms with Gasteiger partial charge in [0.15, 0.2) is 0 Å². The Kier molecular flexibility index (Phi) is 9.90. The second-order valence-corrected chi connectivity index (χ2v) is 10.9. The molecule has 4 N–H and O–H groups in total. The van der Waals surface area contributed by atoms with Crippen LogP contribution >= 0.6 is 0 Å². The van der Waals surface area contributed by atoms with E-state index in [2.05, 4.69) is 10.6 Å². The molecule has 1 fully saturated rings. The van der Waals surface area contributed by atoms with Crippen LogP contribution < -0.4 is 16.4 Å². The molecule has 36 heavy (non-hydrogen) atoms. The maximum absolute atomic E-state index is 13.9. The molecule has 0 saturated heterocycles. The zero-order chi connectivity index (χ0) is 27.2. The number of hydrogen-bond donors (Lipinski definition) is 3. The quantitative estimate of drug-likeness (QED) is 0.427. The van der Waals surface area contributed by atoms with Gasteiger partial charge >= 0.3 is 6.09 Å². The van der Waals surface area contributed by atoms with Gasteiger partial charge < -0.3 is 26.0 Å². The number of aryl methyl sites for hydroxylation is 2. The largest absolute Gasteiger partial charge is 0.444 e. The molecule has 1 aromatic rings. The van der Waals surface area contributed by atoms with Gasteiger partial charge in [0.1, 0.15) is 17.7 Å². The van der Waals surface area contributed by atoms with E-state index in [1.54, 1.807) is 20.8 Å². The van der Waals surface area contributed by atoms with E-state index >= 15 is 0 Å². The van der Waals surface area contributed by atoms with Gasteiger partial charge in [-0.25, -0.2) is 4.79 Å². The van der Waals surface area contributed by atoms with Crippen LogP contribution in [0.1, 0.15) is 89.5 Å². The van der Waals surface area contributed by atoms with Gasteiger partial charge in [0.2, 0.25) is 17.7 Å². The lowest BCUT2D eigenvalue weighted by atomic mass is 9.97. The lowest BCUT2D eigenvalue weighted by Crippen LogP contribution is -2.55. The van der Waals surface area contributed by atoms with E-state index in [4.69, 9.17) is 10.5 Å². The Bertz CT molecular complexity index is 947. The normalized spacial score (nSPS) is 15.9. The summed E-state index contributed by atoms with van der Waals surface area (Å²) in [4.78, 5) is 53.5. The number of carbonyl (C=O) groups is 4. The van der Waals surface area contributed by atoms with Gasteiger partial charge in [-0.3, -0.25) is 14.4 Å². The van der Waals surface area contributed by atoms with Crippen LogP contribution in [0.3, 0.4) is 0 Å². The number of nitrogens with zero attached hydrogens (tertiary/aromatic N) is 1. The van der Waals surface area contributed by atoms with Crippen LogP contribution in [0.5, 0.6) is 0 Å². The Balaban J connectivity index is 2.49. The number of amides is 4. The Morgan fingerprint density at radius 1 is 1.08 bits per heavy atom. The highest BCUT2D eigenvalue weighted by Crippen LogP contribution is 2.36. The van der Waals surface area contributed by atoms with Crippen LogP contribution in [-0.4, -0.2) is 52.4 Å². The molecule has 1 aliphatic rings. The molecular formula is C27H42N4O5. The Morgan fingerprint density at radius 2 is 1.67 bits per heavy atom. The fourth-order valence-corrected chi connectivity index (χ4v) is 4.33. The predicted octanol–water partition coefficient (Wildman–Crippen LogP) is 3.41. The van der Waals surface area contributed by atoms with Crippen molar-refractivity contribution in [3.8, 4) is 0 Å². The van der Waals surface area contributed by atoms with Crippen molar-refractivity contribution in [3.63, 3.8) is 0 Å². The molecule has 0 bridgehead atoms. The number of ether oxygens (including phenoxy) is 1. The summed E-state index contributed by atoms with van der Waals surface area (Å²) in [6.45, 7) is 13.0. The molecule has 4 amide bonds. The van der Waals surface area contributed by atoms with E-state index in [1.807, 2.05) is 45.9 Å². The van der Waals surface area contributed by atoms with Gasteiger partial charge in [-0.05, 0) is 66.4 Å². The molecule has 3 atom stereocenters. The molecule has 1 aliphatic carbocycles. The number of carbonyl (C=O) groups excluding carboxylic acids is 4. The molecule has 3 unspecified atom stereocenters. The fourth-order valence-electron chi connectivity index (χ4n) is 4.33. The van der Waals surface area contributed by atoms with E-state index in [1.165, 1.54) is 4.90 Å². The minimum atomic E-state index is -1.26. The third-order valence-electron chi connectivity index (χ3n) is 5.79. The van der Waals surface area contributed by atoms with Crippen LogP contribution in [-0.2, 0) is 19.1 Å². The summed E-state index contributed by atoms with van der Waals surface area (Å²) in [5.41, 5.74) is 7.25. The van der Waals surface area contributed by atoms with Crippen molar-refractivity contribution in [2.45, 2.75) is 110 Å². The zero-order valence-corrected chi connectivity index (χ0v) is 22.6. The molecule has 9 nitrogen and oxygen atoms in total. The van der Waals surface area contributed by atoms with E-state index in [0.29, 0.717) is 5.56 Å². The third-order valence-corrected chi connectivity index (χ3v) is 5.79. The van der Waals surface area contributed by atoms with Gasteiger partial charge in [-0.15, -0.1) is 0 Å². The van der Waals surface area contributed by atoms with Crippen molar-refractivity contribution in [3.05, 3.63) is 34.9 Å². The van der Waals surface area contributed by atoms with E-state index in [-0.39, 0.29) is 18.0 Å². The fraction of sp³-hybridized carbons (Fsp3) is 0.630. The Hall–Kier alpha value is -3.10. The highest BCUT2D eigenvalue weighted by atomic mass is 16.6. The molecule has 9 heteroatoms. The second kappa shape index (κ2) is 12.2. The third kappa shape index (κ3) is 8.84. The number of hydrogen-bond acceptors (Lipinski definition) is 5. The van der Waals surface area contributed by atoms with Crippen molar-refractivity contribution < 1.29 is 23.9 Å². The van der Waals surface area contributed by atoms with Crippen LogP contribution in [0.2, 0.25) is 0 Å². The van der Waals surface area contributed by atoms with Crippen LogP contribution in [0.15, 0.2) is 18.2 Å². The average Bonchev–Trinajstić information content (AvgIpc) is 3.53. The zero-order valence-electron chi connectivity index (χ0n) is 22.6. The first-order valence-electron chi connectivity index (χ1n) is 12.7. The topological polar surface area (TPSA) is 131 Å². The van der Waals surface area contributed by atoms with Crippen molar-refractivity contribution in [2.75, 3.05) is 0 Å². The van der Waals surface area contributed by atoms with Crippen LogP contribution in [0.4, 0.5) is 4.79 Å². The summed E-state index contributed by atoms with van der Waals surface area (Å²) in [6, 6.07) is 3.36. The minimum absolute atomic E-state index is 0.0756. The van der Waals surface area contributed by atoms with Crippen molar-refractivity contribution in [1.82, 2.24) is 15.5 Å². The van der Waals surface area contributed by atoms with E-state index in [0.717, 1.165) is 36.8 Å². The lowest BCUT2D eigenvalue weighted by molar-refractivity contribution is -0.144. The van der Waals surface area contributed by atoms with Gasteiger partial charge in [0.25, 0.3) is 0 Å². The first kappa shape index (κ1) is 29.1. The highest BCUT2D eigenvalue weighted by Gasteiger charge is 2.44. The van der Waals surface area contributed by atoms with Crippen molar-refractivity contribution >= 4 is 23.8 Å². The van der Waals surface area contributed by atoms with Crippen LogP contribution in [0, 0.1) is 13.8 Å². The molecule has 0 heterocycles. The highest BCUT2D eigenvalue weighted by molar-refractivity contribution is 5.95. The van der Waals surface area contributed by atoms with Gasteiger partial charge in [0.05, 0.1) is 6.42 Å². The molecule has 0 spiro atoms. The number of benzene rings is 1. The first-order chi connectivity index (χ1) is 16.7. The number of nitrogens with one attached hydrogen (secondary N) is 2. The molecule has 1 aromatic carbocycles. The van der Waals surface area contributed by atoms with E-state index < -0.39 is 42.0 Å². The summed E-state index contributed by atoms with van der Waals surface area (Å²) < 4.78 is 5.31. The summed E-state index contributed by atoms with van der Waals surface area (Å²) in [5.74, 6) is -1.58. The second-order valence-electron chi connectivity index (χ2n) is 10.9. The minimum Gasteiger partial charge on any atom is -0.444 e. The summed E-state index contributed by atoms with van der Waals surface area (Å²) in [5, 5.41) is 5.56. The first-order valence-corrected chi connectivity index (χ1v) is 12.7. The molecular weight excluding hydrogens is 460 g/mol. The maximum atomic E-state index is 13.9. The lowest BCUT2D eigenvalue weighted by Gasteiger charge is -2.35. The molecule has 0 aromatic heterocycles. The Morgan fingerprint density at radius 3 is 2.14 bits per heavy atom. The number of primary amides is 1. The number of rotatable bonds is 11. The molecule has 0 radical (unpaired) electrons. The Labute approximate surface area is 214 Å². The molecule has 0 aliphatic heterocycles. The summed E-state index contributed by atoms with van der Waals surface area (Å²) in [6.07, 6.45) is 1.91. The average molecular weight is 503 g/mol. The van der Waals surface area contributed by atoms with Crippen molar-refractivity contribution in [2.24, 2.45) is 5.73 Å². The van der Waals surface area contributed by atoms with Crippen LogP contribution in [0.25, 0.3) is 0 Å². The van der Waals surface area contributed by atoms with Gasteiger partial charge in [-0.2, -0.15) is 0 Å². The van der Waals surface area contributed by atoms with Crippen molar-refractivity contribution in [1.29, 1.82) is 0 Å². The standard InChI is InChI=1S/C27H42N4O5/c1-8-9-18(4)29-24(33)23(19-13-16(2)12-17(3)14-19)31(20-10-11-20)25(34)21(15-22(28)32)30-26(35)36-27(5,6)7/h12-14,18,20-21,23H,8-11,15H2,1-7H3,(H2,28,32)(H,29,33)(H,30,35).